The van der Waals surface area contributed by atoms with Crippen LogP contribution in [0.1, 0.15) is 30.9 Å². The van der Waals surface area contributed by atoms with Crippen LogP contribution >= 0.6 is 11.6 Å². The average molecular weight is 617 g/mol. The van der Waals surface area contributed by atoms with Crippen molar-refractivity contribution in [3.05, 3.63) is 70.5 Å². The summed E-state index contributed by atoms with van der Waals surface area (Å²) in [6, 6.07) is 9.15. The zero-order valence-electron chi connectivity index (χ0n) is 23.1. The first kappa shape index (κ1) is 33.3. The number of rotatable bonds is 12. The van der Waals surface area contributed by atoms with Crippen LogP contribution in [0.15, 0.2) is 48.5 Å². The molecule has 42 heavy (non-hydrogen) atoms. The molecule has 0 bridgehead atoms. The number of carbonyl (C=O) groups is 3. The summed E-state index contributed by atoms with van der Waals surface area (Å²) in [5.41, 5.74) is 7.48. The molecule has 0 aromatic heterocycles. The number of hydrogen-bond donors (Lipinski definition) is 1. The number of halogens is 6. The molecular weight excluding hydrogens is 583 g/mol. The van der Waals surface area contributed by atoms with Crippen molar-refractivity contribution in [1.82, 2.24) is 14.7 Å². The number of carbonyl (C=O) groups excluding carboxylic acids is 3. The van der Waals surface area contributed by atoms with E-state index in [0.29, 0.717) is 27.5 Å². The van der Waals surface area contributed by atoms with Crippen molar-refractivity contribution in [3.8, 4) is 0 Å². The Balaban J connectivity index is 1.87. The number of piperazine rings is 1. The fourth-order valence-electron chi connectivity index (χ4n) is 5.14. The lowest BCUT2D eigenvalue weighted by Crippen LogP contribution is -2.65. The lowest BCUT2D eigenvalue weighted by Gasteiger charge is -2.45. The van der Waals surface area contributed by atoms with Gasteiger partial charge in [0.05, 0.1) is 12.1 Å². The van der Waals surface area contributed by atoms with Gasteiger partial charge < -0.3 is 20.4 Å². The fourth-order valence-corrected chi connectivity index (χ4v) is 5.26. The minimum absolute atomic E-state index is 0.0318. The van der Waals surface area contributed by atoms with Gasteiger partial charge in [-0.1, -0.05) is 49.2 Å². The molecule has 1 saturated heterocycles. The predicted molar refractivity (Wildman–Crippen MR) is 148 cm³/mol. The predicted octanol–water partition coefficient (Wildman–Crippen LogP) is 4.16. The van der Waals surface area contributed by atoms with E-state index in [1.807, 2.05) is 6.92 Å². The first-order valence-electron chi connectivity index (χ1n) is 13.6. The van der Waals surface area contributed by atoms with Crippen molar-refractivity contribution in [3.63, 3.8) is 0 Å². The molecule has 1 aliphatic heterocycles. The molecule has 0 saturated carbocycles. The molecule has 13 heteroatoms. The maximum absolute atomic E-state index is 13.9. The van der Waals surface area contributed by atoms with Gasteiger partial charge in [0.15, 0.2) is 0 Å². The molecule has 3 amide bonds. The van der Waals surface area contributed by atoms with Gasteiger partial charge in [0.25, 0.3) is 0 Å². The van der Waals surface area contributed by atoms with Gasteiger partial charge in [-0.3, -0.25) is 14.4 Å². The van der Waals surface area contributed by atoms with Crippen molar-refractivity contribution in [1.29, 1.82) is 0 Å². The SMILES string of the molecule is CCCC1C(=O)N(C(Cc2ccc(Cl)cc2)CN(CCF)C(=O)C(F)(F)F)CCN1C(=O)C(N)Cc1ccc(F)cc1. The highest BCUT2D eigenvalue weighted by Crippen LogP contribution is 2.25. The van der Waals surface area contributed by atoms with E-state index in [0.717, 1.165) is 0 Å². The Morgan fingerprint density at radius 3 is 2.21 bits per heavy atom. The molecule has 230 valence electrons. The molecule has 1 aliphatic rings. The smallest absolute Gasteiger partial charge is 0.334 e. The molecule has 2 aromatic rings. The van der Waals surface area contributed by atoms with E-state index in [4.69, 9.17) is 17.3 Å². The first-order valence-corrected chi connectivity index (χ1v) is 14.0. The average Bonchev–Trinajstić information content (AvgIpc) is 2.94. The van der Waals surface area contributed by atoms with Crippen LogP contribution in [-0.2, 0) is 27.2 Å². The van der Waals surface area contributed by atoms with Crippen molar-refractivity contribution in [2.75, 3.05) is 32.9 Å². The highest BCUT2D eigenvalue weighted by Gasteiger charge is 2.45. The Kier molecular flexibility index (Phi) is 11.7. The van der Waals surface area contributed by atoms with Crippen molar-refractivity contribution in [2.24, 2.45) is 5.73 Å². The minimum atomic E-state index is -5.22. The molecular formula is C29H34ClF5N4O3. The topological polar surface area (TPSA) is 87.0 Å². The van der Waals surface area contributed by atoms with E-state index in [-0.39, 0.29) is 32.4 Å². The molecule has 2 aromatic carbocycles. The number of nitrogens with two attached hydrogens (primary N) is 1. The number of benzene rings is 2. The maximum Gasteiger partial charge on any atom is 0.471 e. The number of hydrogen-bond acceptors (Lipinski definition) is 4. The second kappa shape index (κ2) is 14.8. The summed E-state index contributed by atoms with van der Waals surface area (Å²) >= 11 is 5.97. The molecule has 0 aliphatic carbocycles. The third-order valence-electron chi connectivity index (χ3n) is 7.20. The van der Waals surface area contributed by atoms with Crippen molar-refractivity contribution < 1.29 is 36.3 Å². The molecule has 0 radical (unpaired) electrons. The summed E-state index contributed by atoms with van der Waals surface area (Å²) in [5, 5.41) is 0.435. The molecule has 3 rings (SSSR count). The monoisotopic (exact) mass is 616 g/mol. The van der Waals surface area contributed by atoms with Crippen LogP contribution < -0.4 is 5.73 Å². The molecule has 0 spiro atoms. The standard InChI is InChI=1S/C29H34ClF5N4O3/c1-2-3-25-27(41)38(14-15-39(25)26(40)24(36)17-20-6-10-22(32)11-7-20)23(16-19-4-8-21(30)9-5-19)18-37(13-12-31)28(42)29(33,34)35/h4-11,23-25H,2-3,12-18,36H2,1H3. The van der Waals surface area contributed by atoms with Gasteiger partial charge in [0.1, 0.15) is 18.5 Å². The number of nitrogens with zero attached hydrogens (tertiary/aromatic N) is 3. The Hall–Kier alpha value is -3.25. The van der Waals surface area contributed by atoms with Crippen LogP contribution in [0.3, 0.4) is 0 Å². The molecule has 7 nitrogen and oxygen atoms in total. The van der Waals surface area contributed by atoms with E-state index in [1.54, 1.807) is 24.3 Å². The van der Waals surface area contributed by atoms with Gasteiger partial charge in [-0.2, -0.15) is 13.2 Å². The minimum Gasteiger partial charge on any atom is -0.334 e. The summed E-state index contributed by atoms with van der Waals surface area (Å²) < 4.78 is 66.5. The van der Waals surface area contributed by atoms with E-state index >= 15 is 0 Å². The zero-order chi connectivity index (χ0) is 31.0. The fraction of sp³-hybridized carbons (Fsp3) is 0.483. The van der Waals surface area contributed by atoms with E-state index in [9.17, 15) is 36.3 Å². The van der Waals surface area contributed by atoms with Gasteiger partial charge >= 0.3 is 12.1 Å². The van der Waals surface area contributed by atoms with Crippen LogP contribution in [0.4, 0.5) is 22.0 Å². The van der Waals surface area contributed by atoms with Crippen molar-refractivity contribution >= 4 is 29.3 Å². The largest absolute Gasteiger partial charge is 0.471 e. The molecule has 2 N–H and O–H groups in total. The van der Waals surface area contributed by atoms with Gasteiger partial charge in [0, 0.05) is 31.2 Å². The van der Waals surface area contributed by atoms with Crippen molar-refractivity contribution in [2.45, 2.75) is 56.9 Å². The molecule has 3 atom stereocenters. The third kappa shape index (κ3) is 8.64. The lowest BCUT2D eigenvalue weighted by molar-refractivity contribution is -0.186. The summed E-state index contributed by atoms with van der Waals surface area (Å²) in [4.78, 5) is 42.5. The van der Waals surface area contributed by atoms with Crippen LogP contribution in [0.5, 0.6) is 0 Å². The zero-order valence-corrected chi connectivity index (χ0v) is 23.9. The maximum atomic E-state index is 13.9. The summed E-state index contributed by atoms with van der Waals surface area (Å²) in [7, 11) is 0. The Morgan fingerprint density at radius 1 is 1.05 bits per heavy atom. The Morgan fingerprint density at radius 2 is 1.64 bits per heavy atom. The summed E-state index contributed by atoms with van der Waals surface area (Å²) in [6.45, 7) is -0.707. The summed E-state index contributed by atoms with van der Waals surface area (Å²) in [5.74, 6) is -3.60. The van der Waals surface area contributed by atoms with Crippen LogP contribution in [-0.4, -0.2) is 89.6 Å². The van der Waals surface area contributed by atoms with E-state index < -0.39 is 67.6 Å². The second-order valence-corrected chi connectivity index (χ2v) is 10.7. The second-order valence-electron chi connectivity index (χ2n) is 10.2. The lowest BCUT2D eigenvalue weighted by atomic mass is 9.97. The first-order chi connectivity index (χ1) is 19.8. The van der Waals surface area contributed by atoms with E-state index in [1.165, 1.54) is 34.1 Å². The Bertz CT molecular complexity index is 1210. The summed E-state index contributed by atoms with van der Waals surface area (Å²) in [6.07, 6.45) is -4.26. The van der Waals surface area contributed by atoms with E-state index in [2.05, 4.69) is 0 Å². The van der Waals surface area contributed by atoms with Crippen LogP contribution in [0.2, 0.25) is 5.02 Å². The Labute approximate surface area is 246 Å². The normalized spacial score (nSPS) is 17.2. The number of amides is 3. The quantitative estimate of drug-likeness (QED) is 0.363. The van der Waals surface area contributed by atoms with Gasteiger partial charge in [0.2, 0.25) is 11.8 Å². The van der Waals surface area contributed by atoms with Crippen LogP contribution in [0, 0.1) is 5.82 Å². The molecule has 1 fully saturated rings. The van der Waals surface area contributed by atoms with Gasteiger partial charge in [-0.05, 0) is 54.7 Å². The molecule has 1 heterocycles. The number of alkyl halides is 4. The van der Waals surface area contributed by atoms with Crippen LogP contribution in [0.25, 0.3) is 0 Å². The molecule has 3 unspecified atom stereocenters. The highest BCUT2D eigenvalue weighted by atomic mass is 35.5. The van der Waals surface area contributed by atoms with Gasteiger partial charge in [-0.25, -0.2) is 8.78 Å². The highest BCUT2D eigenvalue weighted by molar-refractivity contribution is 6.30. The van der Waals surface area contributed by atoms with Gasteiger partial charge in [-0.15, -0.1) is 0 Å². The third-order valence-corrected chi connectivity index (χ3v) is 7.45.